The zero-order valence-electron chi connectivity index (χ0n) is 10.7. The van der Waals surface area contributed by atoms with Crippen LogP contribution in [0.1, 0.15) is 12.5 Å². The van der Waals surface area contributed by atoms with Gasteiger partial charge in [0, 0.05) is 24.2 Å². The molecule has 1 atom stereocenters. The first-order valence-electron chi connectivity index (χ1n) is 5.65. The lowest BCUT2D eigenvalue weighted by atomic mass is 10.2. The lowest BCUT2D eigenvalue weighted by molar-refractivity contribution is -0.126. The van der Waals surface area contributed by atoms with Crippen LogP contribution in [-0.2, 0) is 11.3 Å². The Bertz CT molecular complexity index is 479. The molecule has 6 nitrogen and oxygen atoms in total. The summed E-state index contributed by atoms with van der Waals surface area (Å²) in [6, 6.07) is 4.35. The second-order valence-electron chi connectivity index (χ2n) is 3.78. The van der Waals surface area contributed by atoms with Crippen molar-refractivity contribution in [2.24, 2.45) is 5.73 Å². The van der Waals surface area contributed by atoms with Crippen LogP contribution in [0, 0.1) is 0 Å². The van der Waals surface area contributed by atoms with Crippen molar-refractivity contribution in [3.63, 3.8) is 0 Å². The molecule has 0 aliphatic rings. The van der Waals surface area contributed by atoms with Gasteiger partial charge in [0.15, 0.2) is 6.10 Å². The van der Waals surface area contributed by atoms with Gasteiger partial charge in [-0.2, -0.15) is 0 Å². The summed E-state index contributed by atoms with van der Waals surface area (Å²) in [5.74, 6) is -0.0799. The van der Waals surface area contributed by atoms with Gasteiger partial charge in [0.2, 0.25) is 0 Å². The number of carbonyl (C=O) groups is 2. The highest BCUT2D eigenvalue weighted by Crippen LogP contribution is 2.23. The van der Waals surface area contributed by atoms with E-state index < -0.39 is 18.0 Å². The Balaban J connectivity index is 2.73. The monoisotopic (exact) mass is 285 g/mol. The zero-order valence-corrected chi connectivity index (χ0v) is 11.5. The van der Waals surface area contributed by atoms with E-state index in [-0.39, 0.29) is 6.54 Å². The maximum Gasteiger partial charge on any atom is 0.321 e. The fraction of sp³-hybridized carbons (Fsp3) is 0.333. The first kappa shape index (κ1) is 15.3. The van der Waals surface area contributed by atoms with Crippen LogP contribution < -0.4 is 21.1 Å². The maximum atomic E-state index is 11.6. The number of hydrogen-bond acceptors (Lipinski definition) is 4. The number of rotatable bonds is 4. The highest BCUT2D eigenvalue weighted by Gasteiger charge is 2.18. The van der Waals surface area contributed by atoms with Crippen LogP contribution in [0.4, 0.5) is 4.79 Å². The van der Waals surface area contributed by atoms with Gasteiger partial charge in [-0.15, -0.1) is 0 Å². The molecule has 0 heterocycles. The molecule has 0 saturated carbocycles. The average molecular weight is 286 g/mol. The third-order valence-electron chi connectivity index (χ3n) is 2.38. The number of urea groups is 1. The molecule has 0 aliphatic heterocycles. The van der Waals surface area contributed by atoms with E-state index >= 15 is 0 Å². The summed E-state index contributed by atoms with van der Waals surface area (Å²) in [7, 11) is 1.42. The Morgan fingerprint density at radius 2 is 2.16 bits per heavy atom. The van der Waals surface area contributed by atoms with Crippen molar-refractivity contribution in [1.82, 2.24) is 10.6 Å². The molecule has 0 bridgehead atoms. The van der Waals surface area contributed by atoms with Gasteiger partial charge in [0.1, 0.15) is 5.75 Å². The SMILES string of the molecule is CNC(=O)NC(=O)C(C)Oc1ccc(Cl)cc1CN. The van der Waals surface area contributed by atoms with E-state index in [2.05, 4.69) is 10.6 Å². The highest BCUT2D eigenvalue weighted by molar-refractivity contribution is 6.30. The van der Waals surface area contributed by atoms with Gasteiger partial charge in [-0.1, -0.05) is 11.6 Å². The number of halogens is 1. The number of amides is 3. The Morgan fingerprint density at radius 3 is 2.74 bits per heavy atom. The van der Waals surface area contributed by atoms with Crippen LogP contribution in [0.15, 0.2) is 18.2 Å². The minimum Gasteiger partial charge on any atom is -0.481 e. The number of benzene rings is 1. The van der Waals surface area contributed by atoms with Crippen molar-refractivity contribution in [3.05, 3.63) is 28.8 Å². The lowest BCUT2D eigenvalue weighted by Gasteiger charge is -2.16. The molecule has 0 fully saturated rings. The van der Waals surface area contributed by atoms with E-state index in [0.29, 0.717) is 16.3 Å². The number of imide groups is 1. The average Bonchev–Trinajstić information content (AvgIpc) is 2.40. The van der Waals surface area contributed by atoms with Gasteiger partial charge < -0.3 is 15.8 Å². The molecule has 0 spiro atoms. The summed E-state index contributed by atoms with van der Waals surface area (Å²) >= 11 is 5.84. The van der Waals surface area contributed by atoms with Crippen molar-refractivity contribution < 1.29 is 14.3 Å². The molecule has 1 aromatic carbocycles. The maximum absolute atomic E-state index is 11.6. The van der Waals surface area contributed by atoms with E-state index in [9.17, 15) is 9.59 Å². The summed E-state index contributed by atoms with van der Waals surface area (Å²) < 4.78 is 5.47. The van der Waals surface area contributed by atoms with Crippen LogP contribution in [0.2, 0.25) is 5.02 Å². The molecular weight excluding hydrogens is 270 g/mol. The highest BCUT2D eigenvalue weighted by atomic mass is 35.5. The summed E-state index contributed by atoms with van der Waals surface area (Å²) in [5, 5.41) is 4.95. The largest absolute Gasteiger partial charge is 0.481 e. The first-order chi connectivity index (χ1) is 8.97. The van der Waals surface area contributed by atoms with Gasteiger partial charge in [-0.05, 0) is 25.1 Å². The van der Waals surface area contributed by atoms with Crippen LogP contribution in [0.25, 0.3) is 0 Å². The number of ether oxygens (including phenoxy) is 1. The third-order valence-corrected chi connectivity index (χ3v) is 2.61. The van der Waals surface area contributed by atoms with Gasteiger partial charge in [0.25, 0.3) is 5.91 Å². The van der Waals surface area contributed by atoms with Gasteiger partial charge in [-0.3, -0.25) is 10.1 Å². The van der Waals surface area contributed by atoms with Crippen LogP contribution in [0.3, 0.4) is 0 Å². The van der Waals surface area contributed by atoms with Crippen molar-refractivity contribution in [2.75, 3.05) is 7.05 Å². The minimum absolute atomic E-state index is 0.236. The van der Waals surface area contributed by atoms with Crippen molar-refractivity contribution in [2.45, 2.75) is 19.6 Å². The Morgan fingerprint density at radius 1 is 1.47 bits per heavy atom. The summed E-state index contributed by atoms with van der Waals surface area (Å²) in [4.78, 5) is 22.6. The second kappa shape index (κ2) is 6.96. The zero-order chi connectivity index (χ0) is 14.4. The predicted octanol–water partition coefficient (Wildman–Crippen LogP) is 1.02. The smallest absolute Gasteiger partial charge is 0.321 e. The first-order valence-corrected chi connectivity index (χ1v) is 6.03. The number of hydrogen-bond donors (Lipinski definition) is 3. The fourth-order valence-electron chi connectivity index (χ4n) is 1.34. The van der Waals surface area contributed by atoms with Gasteiger partial charge in [0.05, 0.1) is 0 Å². The molecule has 7 heteroatoms. The Kier molecular flexibility index (Phi) is 5.59. The second-order valence-corrected chi connectivity index (χ2v) is 4.22. The molecule has 4 N–H and O–H groups in total. The Hall–Kier alpha value is -1.79. The number of carbonyl (C=O) groups excluding carboxylic acids is 2. The molecule has 0 aromatic heterocycles. The van der Waals surface area contributed by atoms with E-state index in [1.54, 1.807) is 18.2 Å². The minimum atomic E-state index is -0.830. The van der Waals surface area contributed by atoms with Crippen molar-refractivity contribution >= 4 is 23.5 Å². The molecule has 0 radical (unpaired) electrons. The topological polar surface area (TPSA) is 93.5 Å². The Labute approximate surface area is 116 Å². The molecular formula is C12H16ClN3O3. The normalized spacial score (nSPS) is 11.6. The van der Waals surface area contributed by atoms with Crippen LogP contribution >= 0.6 is 11.6 Å². The molecule has 0 aliphatic carbocycles. The van der Waals surface area contributed by atoms with Crippen molar-refractivity contribution in [1.29, 1.82) is 0 Å². The van der Waals surface area contributed by atoms with E-state index in [1.165, 1.54) is 14.0 Å². The number of nitrogens with two attached hydrogens (primary N) is 1. The van der Waals surface area contributed by atoms with Crippen LogP contribution in [0.5, 0.6) is 5.75 Å². The fourth-order valence-corrected chi connectivity index (χ4v) is 1.54. The molecule has 1 unspecified atom stereocenters. The van der Waals surface area contributed by atoms with Gasteiger partial charge in [-0.25, -0.2) is 4.79 Å². The van der Waals surface area contributed by atoms with Gasteiger partial charge >= 0.3 is 6.03 Å². The summed E-state index contributed by atoms with van der Waals surface area (Å²) in [6.07, 6.45) is -0.830. The third kappa shape index (κ3) is 4.42. The molecule has 1 aromatic rings. The predicted molar refractivity (Wildman–Crippen MR) is 72.0 cm³/mol. The standard InChI is InChI=1S/C12H16ClN3O3/c1-7(11(17)16-12(18)15-2)19-10-4-3-9(13)5-8(10)6-14/h3-5,7H,6,14H2,1-2H3,(H2,15,16,17,18). The van der Waals surface area contributed by atoms with E-state index in [1.807, 2.05) is 0 Å². The van der Waals surface area contributed by atoms with Crippen molar-refractivity contribution in [3.8, 4) is 5.75 Å². The molecule has 0 saturated heterocycles. The van der Waals surface area contributed by atoms with Crippen LogP contribution in [-0.4, -0.2) is 25.1 Å². The molecule has 19 heavy (non-hydrogen) atoms. The van der Waals surface area contributed by atoms with E-state index in [4.69, 9.17) is 22.1 Å². The molecule has 104 valence electrons. The summed E-state index contributed by atoms with van der Waals surface area (Å²) in [6.45, 7) is 1.77. The lowest BCUT2D eigenvalue weighted by Crippen LogP contribution is -2.44. The van der Waals surface area contributed by atoms with E-state index in [0.717, 1.165) is 0 Å². The quantitative estimate of drug-likeness (QED) is 0.770. The number of nitrogens with one attached hydrogen (secondary N) is 2. The summed E-state index contributed by atoms with van der Waals surface area (Å²) in [5.41, 5.74) is 6.26. The molecule has 1 rings (SSSR count). The molecule has 3 amide bonds.